The molecule has 1 aliphatic heterocycles. The third kappa shape index (κ3) is 4.08. The van der Waals surface area contributed by atoms with E-state index in [-0.39, 0.29) is 0 Å². The quantitative estimate of drug-likeness (QED) is 0.879. The predicted octanol–water partition coefficient (Wildman–Crippen LogP) is 4.21. The van der Waals surface area contributed by atoms with Crippen LogP contribution >= 0.6 is 0 Å². The van der Waals surface area contributed by atoms with Crippen LogP contribution in [0.25, 0.3) is 0 Å². The van der Waals surface area contributed by atoms with Crippen LogP contribution in [0.3, 0.4) is 0 Å². The molecule has 2 unspecified atom stereocenters. The first-order valence-electron chi connectivity index (χ1n) is 8.67. The van der Waals surface area contributed by atoms with Crippen LogP contribution in [-0.4, -0.2) is 24.5 Å². The summed E-state index contributed by atoms with van der Waals surface area (Å²) in [5.41, 5.74) is 10.4. The Labute approximate surface area is 130 Å². The summed E-state index contributed by atoms with van der Waals surface area (Å²) in [7, 11) is 0. The highest BCUT2D eigenvalue weighted by molar-refractivity contribution is 5.35. The van der Waals surface area contributed by atoms with Gasteiger partial charge in [0.15, 0.2) is 0 Å². The first kappa shape index (κ1) is 16.5. The zero-order chi connectivity index (χ0) is 15.2. The van der Waals surface area contributed by atoms with E-state index in [1.165, 1.54) is 61.9 Å². The normalized spacial score (nSPS) is 22.0. The molecule has 0 radical (unpaired) electrons. The second kappa shape index (κ2) is 7.95. The number of nitrogens with zero attached hydrogens (tertiary/aromatic N) is 1. The van der Waals surface area contributed by atoms with E-state index in [4.69, 9.17) is 5.73 Å². The Morgan fingerprint density at radius 1 is 1.24 bits per heavy atom. The molecule has 1 aliphatic rings. The first-order chi connectivity index (χ1) is 10.2. The standard InChI is InChI=1S/C19H32N2/c1-4-7-17-9-6-12-21(13-11-17)19(14-20)18-10-5-8-15(2)16(18)3/h5,8,10,17,19H,4,6-7,9,11-14,20H2,1-3H3. The Bertz CT molecular complexity index is 441. The van der Waals surface area contributed by atoms with E-state index >= 15 is 0 Å². The van der Waals surface area contributed by atoms with Gasteiger partial charge < -0.3 is 5.73 Å². The summed E-state index contributed by atoms with van der Waals surface area (Å²) in [6, 6.07) is 7.04. The lowest BCUT2D eigenvalue weighted by Crippen LogP contribution is -2.35. The van der Waals surface area contributed by atoms with Crippen molar-refractivity contribution >= 4 is 0 Å². The average Bonchev–Trinajstić information content (AvgIpc) is 2.71. The first-order valence-corrected chi connectivity index (χ1v) is 8.67. The summed E-state index contributed by atoms with van der Waals surface area (Å²) >= 11 is 0. The van der Waals surface area contributed by atoms with Crippen molar-refractivity contribution in [1.29, 1.82) is 0 Å². The van der Waals surface area contributed by atoms with E-state index in [1.807, 2.05) is 0 Å². The van der Waals surface area contributed by atoms with Gasteiger partial charge >= 0.3 is 0 Å². The van der Waals surface area contributed by atoms with E-state index in [0.29, 0.717) is 6.04 Å². The second-order valence-corrected chi connectivity index (χ2v) is 6.66. The maximum Gasteiger partial charge on any atom is 0.0473 e. The molecule has 2 rings (SSSR count). The second-order valence-electron chi connectivity index (χ2n) is 6.66. The van der Waals surface area contributed by atoms with Gasteiger partial charge in [-0.25, -0.2) is 0 Å². The number of aryl methyl sites for hydroxylation is 1. The SMILES string of the molecule is CCCC1CCCN(C(CN)c2cccc(C)c2C)CC1. The summed E-state index contributed by atoms with van der Waals surface area (Å²) in [4.78, 5) is 2.64. The van der Waals surface area contributed by atoms with Crippen molar-refractivity contribution in [2.45, 2.75) is 58.9 Å². The Kier molecular flexibility index (Phi) is 6.25. The minimum absolute atomic E-state index is 0.394. The van der Waals surface area contributed by atoms with Crippen molar-refractivity contribution in [2.75, 3.05) is 19.6 Å². The average molecular weight is 288 g/mol. The summed E-state index contributed by atoms with van der Waals surface area (Å²) < 4.78 is 0. The van der Waals surface area contributed by atoms with Crippen molar-refractivity contribution < 1.29 is 0 Å². The molecule has 1 saturated heterocycles. The monoisotopic (exact) mass is 288 g/mol. The smallest absolute Gasteiger partial charge is 0.0473 e. The predicted molar refractivity (Wildman–Crippen MR) is 91.5 cm³/mol. The molecular formula is C19H32N2. The lowest BCUT2D eigenvalue weighted by Gasteiger charge is -2.31. The topological polar surface area (TPSA) is 29.3 Å². The molecular weight excluding hydrogens is 256 g/mol. The summed E-state index contributed by atoms with van der Waals surface area (Å²) in [5, 5.41) is 0. The van der Waals surface area contributed by atoms with Gasteiger partial charge in [-0.2, -0.15) is 0 Å². The third-order valence-corrected chi connectivity index (χ3v) is 5.25. The molecule has 0 spiro atoms. The van der Waals surface area contributed by atoms with E-state index in [1.54, 1.807) is 0 Å². The van der Waals surface area contributed by atoms with Crippen LogP contribution in [0, 0.1) is 19.8 Å². The maximum absolute atomic E-state index is 6.16. The molecule has 2 heteroatoms. The Morgan fingerprint density at radius 3 is 2.76 bits per heavy atom. The number of nitrogens with two attached hydrogens (primary N) is 1. The van der Waals surface area contributed by atoms with Crippen LogP contribution in [0.1, 0.15) is 61.8 Å². The third-order valence-electron chi connectivity index (χ3n) is 5.25. The Morgan fingerprint density at radius 2 is 2.05 bits per heavy atom. The van der Waals surface area contributed by atoms with E-state index in [0.717, 1.165) is 12.5 Å². The molecule has 2 nitrogen and oxygen atoms in total. The van der Waals surface area contributed by atoms with Crippen molar-refractivity contribution in [3.63, 3.8) is 0 Å². The molecule has 118 valence electrons. The van der Waals surface area contributed by atoms with Gasteiger partial charge in [0.2, 0.25) is 0 Å². The fraction of sp³-hybridized carbons (Fsp3) is 0.684. The molecule has 2 atom stereocenters. The summed E-state index contributed by atoms with van der Waals surface area (Å²) in [6.45, 7) is 9.89. The van der Waals surface area contributed by atoms with Crippen LogP contribution in [0.5, 0.6) is 0 Å². The molecule has 1 aromatic carbocycles. The molecule has 0 saturated carbocycles. The Balaban J connectivity index is 2.12. The highest BCUT2D eigenvalue weighted by atomic mass is 15.2. The van der Waals surface area contributed by atoms with E-state index < -0.39 is 0 Å². The minimum Gasteiger partial charge on any atom is -0.329 e. The van der Waals surface area contributed by atoms with Gasteiger partial charge in [-0.05, 0) is 68.8 Å². The highest BCUT2D eigenvalue weighted by Gasteiger charge is 2.24. The molecule has 1 fully saturated rings. The van der Waals surface area contributed by atoms with Crippen LogP contribution in [0.2, 0.25) is 0 Å². The van der Waals surface area contributed by atoms with Crippen molar-refractivity contribution in [1.82, 2.24) is 4.90 Å². The highest BCUT2D eigenvalue weighted by Crippen LogP contribution is 2.29. The lowest BCUT2D eigenvalue weighted by molar-refractivity contribution is 0.206. The van der Waals surface area contributed by atoms with Crippen LogP contribution in [-0.2, 0) is 0 Å². The summed E-state index contributed by atoms with van der Waals surface area (Å²) in [6.07, 6.45) is 6.78. The van der Waals surface area contributed by atoms with Gasteiger partial charge in [-0.1, -0.05) is 38.0 Å². The number of hydrogen-bond donors (Lipinski definition) is 1. The van der Waals surface area contributed by atoms with Crippen LogP contribution in [0.4, 0.5) is 0 Å². The van der Waals surface area contributed by atoms with Gasteiger partial charge in [-0.3, -0.25) is 4.90 Å². The minimum atomic E-state index is 0.394. The summed E-state index contributed by atoms with van der Waals surface area (Å²) in [5.74, 6) is 0.928. The van der Waals surface area contributed by atoms with Gasteiger partial charge in [0.25, 0.3) is 0 Å². The zero-order valence-corrected chi connectivity index (χ0v) is 14.1. The molecule has 1 aromatic rings. The van der Waals surface area contributed by atoms with Crippen molar-refractivity contribution in [3.05, 3.63) is 34.9 Å². The Hall–Kier alpha value is -0.860. The van der Waals surface area contributed by atoms with Crippen LogP contribution in [0.15, 0.2) is 18.2 Å². The number of benzene rings is 1. The lowest BCUT2D eigenvalue weighted by atomic mass is 9.95. The van der Waals surface area contributed by atoms with Gasteiger partial charge in [-0.15, -0.1) is 0 Å². The molecule has 0 amide bonds. The molecule has 2 N–H and O–H groups in total. The molecule has 1 heterocycles. The zero-order valence-electron chi connectivity index (χ0n) is 14.1. The number of hydrogen-bond acceptors (Lipinski definition) is 2. The number of rotatable bonds is 5. The van der Waals surface area contributed by atoms with E-state index in [2.05, 4.69) is 43.9 Å². The van der Waals surface area contributed by atoms with Crippen LogP contribution < -0.4 is 5.73 Å². The van der Waals surface area contributed by atoms with Gasteiger partial charge in [0.05, 0.1) is 0 Å². The maximum atomic E-state index is 6.16. The van der Waals surface area contributed by atoms with Gasteiger partial charge in [0, 0.05) is 12.6 Å². The number of likely N-dealkylation sites (tertiary alicyclic amines) is 1. The molecule has 0 bridgehead atoms. The van der Waals surface area contributed by atoms with Crippen molar-refractivity contribution in [2.24, 2.45) is 11.7 Å². The molecule has 0 aromatic heterocycles. The fourth-order valence-corrected chi connectivity index (χ4v) is 3.80. The largest absolute Gasteiger partial charge is 0.329 e. The fourth-order valence-electron chi connectivity index (χ4n) is 3.80. The van der Waals surface area contributed by atoms with E-state index in [9.17, 15) is 0 Å². The molecule has 21 heavy (non-hydrogen) atoms. The van der Waals surface area contributed by atoms with Gasteiger partial charge in [0.1, 0.15) is 0 Å². The molecule has 0 aliphatic carbocycles. The van der Waals surface area contributed by atoms with Crippen molar-refractivity contribution in [3.8, 4) is 0 Å².